The van der Waals surface area contributed by atoms with Gasteiger partial charge in [-0.15, -0.1) is 0 Å². The second kappa shape index (κ2) is 7.36. The Hall–Kier alpha value is -1.56. The summed E-state index contributed by atoms with van der Waals surface area (Å²) >= 11 is 15.6. The van der Waals surface area contributed by atoms with Gasteiger partial charge in [0.25, 0.3) is 0 Å². The minimum atomic E-state index is -0.439. The van der Waals surface area contributed by atoms with E-state index in [1.54, 1.807) is 18.2 Å². The van der Waals surface area contributed by atoms with Crippen molar-refractivity contribution in [3.63, 3.8) is 0 Å². The summed E-state index contributed by atoms with van der Waals surface area (Å²) in [6.07, 6.45) is 0.143. The molecule has 130 valence electrons. The summed E-state index contributed by atoms with van der Waals surface area (Å²) in [5.41, 5.74) is 2.22. The standard InChI is InChI=1S/C18H15BrCl2N2O2/c1-10-6-12(19)2-5-15(10)22-18(25)11-7-17(24)23(9-11)16-8-13(20)3-4-14(16)21/h2-6,8,11H,7,9H2,1H3,(H,22,25)/t11-/m0/s1. The third kappa shape index (κ3) is 4.00. The van der Waals surface area contributed by atoms with Gasteiger partial charge in [-0.3, -0.25) is 9.59 Å². The van der Waals surface area contributed by atoms with Crippen LogP contribution >= 0.6 is 39.1 Å². The Kier molecular flexibility index (Phi) is 5.37. The minimum absolute atomic E-state index is 0.142. The highest BCUT2D eigenvalue weighted by molar-refractivity contribution is 9.10. The molecule has 4 nitrogen and oxygen atoms in total. The molecule has 3 rings (SSSR count). The van der Waals surface area contributed by atoms with Gasteiger partial charge >= 0.3 is 0 Å². The topological polar surface area (TPSA) is 49.4 Å². The molecule has 7 heteroatoms. The Morgan fingerprint density at radius 2 is 2.00 bits per heavy atom. The average Bonchev–Trinajstić information content (AvgIpc) is 2.94. The zero-order valence-electron chi connectivity index (χ0n) is 13.4. The molecule has 0 aliphatic carbocycles. The predicted molar refractivity (Wildman–Crippen MR) is 104 cm³/mol. The number of nitrogens with one attached hydrogen (secondary N) is 1. The van der Waals surface area contributed by atoms with E-state index in [0.717, 1.165) is 15.7 Å². The van der Waals surface area contributed by atoms with Crippen molar-refractivity contribution in [2.24, 2.45) is 5.92 Å². The molecule has 1 saturated heterocycles. The Bertz CT molecular complexity index is 857. The lowest BCUT2D eigenvalue weighted by molar-refractivity contribution is -0.122. The van der Waals surface area contributed by atoms with E-state index in [1.807, 2.05) is 25.1 Å². The van der Waals surface area contributed by atoms with Crippen LogP contribution in [-0.4, -0.2) is 18.4 Å². The molecule has 1 N–H and O–H groups in total. The van der Waals surface area contributed by atoms with Crippen LogP contribution in [0.5, 0.6) is 0 Å². The van der Waals surface area contributed by atoms with Gasteiger partial charge < -0.3 is 10.2 Å². The van der Waals surface area contributed by atoms with Gasteiger partial charge in [0.05, 0.1) is 16.6 Å². The van der Waals surface area contributed by atoms with Crippen molar-refractivity contribution in [2.75, 3.05) is 16.8 Å². The fourth-order valence-corrected chi connectivity index (χ4v) is 3.67. The molecule has 2 aromatic rings. The summed E-state index contributed by atoms with van der Waals surface area (Å²) in [6.45, 7) is 2.19. The largest absolute Gasteiger partial charge is 0.326 e. The number of carbonyl (C=O) groups excluding carboxylic acids is 2. The molecule has 1 heterocycles. The van der Waals surface area contributed by atoms with Crippen LogP contribution in [0.2, 0.25) is 10.0 Å². The number of aryl methyl sites for hydroxylation is 1. The van der Waals surface area contributed by atoms with Crippen molar-refractivity contribution in [3.05, 3.63) is 56.5 Å². The Balaban J connectivity index is 1.75. The Morgan fingerprint density at radius 1 is 1.24 bits per heavy atom. The molecule has 1 atom stereocenters. The van der Waals surface area contributed by atoms with Crippen LogP contribution in [0.4, 0.5) is 11.4 Å². The van der Waals surface area contributed by atoms with Crippen molar-refractivity contribution in [1.82, 2.24) is 0 Å². The van der Waals surface area contributed by atoms with Crippen LogP contribution in [0.3, 0.4) is 0 Å². The maximum atomic E-state index is 12.6. The monoisotopic (exact) mass is 440 g/mol. The van der Waals surface area contributed by atoms with E-state index in [4.69, 9.17) is 23.2 Å². The average molecular weight is 442 g/mol. The fraction of sp³-hybridized carbons (Fsp3) is 0.222. The smallest absolute Gasteiger partial charge is 0.229 e. The van der Waals surface area contributed by atoms with E-state index in [-0.39, 0.29) is 24.8 Å². The van der Waals surface area contributed by atoms with Gasteiger partial charge in [0, 0.05) is 28.1 Å². The number of anilines is 2. The van der Waals surface area contributed by atoms with Crippen molar-refractivity contribution in [3.8, 4) is 0 Å². The maximum Gasteiger partial charge on any atom is 0.229 e. The van der Waals surface area contributed by atoms with E-state index in [2.05, 4.69) is 21.2 Å². The normalized spacial score (nSPS) is 17.0. The predicted octanol–water partition coefficient (Wildman–Crippen LogP) is 5.06. The van der Waals surface area contributed by atoms with E-state index in [1.165, 1.54) is 4.90 Å². The number of carbonyl (C=O) groups is 2. The molecule has 25 heavy (non-hydrogen) atoms. The molecule has 1 fully saturated rings. The van der Waals surface area contributed by atoms with Crippen molar-refractivity contribution in [2.45, 2.75) is 13.3 Å². The number of halogens is 3. The first-order valence-electron chi connectivity index (χ1n) is 7.67. The van der Waals surface area contributed by atoms with E-state index >= 15 is 0 Å². The molecule has 0 unspecified atom stereocenters. The number of nitrogens with zero attached hydrogens (tertiary/aromatic N) is 1. The summed E-state index contributed by atoms with van der Waals surface area (Å²) in [5, 5.41) is 3.82. The van der Waals surface area contributed by atoms with Gasteiger partial charge in [0.1, 0.15) is 0 Å². The van der Waals surface area contributed by atoms with Crippen molar-refractivity contribution >= 4 is 62.3 Å². The molecule has 1 aliphatic rings. The number of amides is 2. The molecule has 0 spiro atoms. The lowest BCUT2D eigenvalue weighted by Crippen LogP contribution is -2.28. The lowest BCUT2D eigenvalue weighted by atomic mass is 10.1. The van der Waals surface area contributed by atoms with Gasteiger partial charge in [-0.2, -0.15) is 0 Å². The summed E-state index contributed by atoms with van der Waals surface area (Å²) in [6, 6.07) is 10.6. The van der Waals surface area contributed by atoms with Gasteiger partial charge in [0.2, 0.25) is 11.8 Å². The summed E-state index contributed by atoms with van der Waals surface area (Å²) in [5.74, 6) is -0.762. The molecule has 2 amide bonds. The zero-order chi connectivity index (χ0) is 18.1. The molecule has 0 saturated carbocycles. The highest BCUT2D eigenvalue weighted by Gasteiger charge is 2.36. The first-order chi connectivity index (χ1) is 11.8. The lowest BCUT2D eigenvalue weighted by Gasteiger charge is -2.18. The quantitative estimate of drug-likeness (QED) is 0.723. The summed E-state index contributed by atoms with van der Waals surface area (Å²) in [4.78, 5) is 26.4. The first kappa shape index (κ1) is 18.2. The first-order valence-corrected chi connectivity index (χ1v) is 9.22. The number of hydrogen-bond donors (Lipinski definition) is 1. The minimum Gasteiger partial charge on any atom is -0.326 e. The SMILES string of the molecule is Cc1cc(Br)ccc1NC(=O)[C@H]1CC(=O)N(c2cc(Cl)ccc2Cl)C1. The van der Waals surface area contributed by atoms with Crippen LogP contribution in [0.25, 0.3) is 0 Å². The molecular formula is C18H15BrCl2N2O2. The highest BCUT2D eigenvalue weighted by atomic mass is 79.9. The van der Waals surface area contributed by atoms with Gasteiger partial charge in [0.15, 0.2) is 0 Å². The van der Waals surface area contributed by atoms with Crippen LogP contribution in [0.15, 0.2) is 40.9 Å². The Morgan fingerprint density at radius 3 is 2.72 bits per heavy atom. The van der Waals surface area contributed by atoms with Crippen LogP contribution in [-0.2, 0) is 9.59 Å². The molecular weight excluding hydrogens is 427 g/mol. The zero-order valence-corrected chi connectivity index (χ0v) is 16.5. The number of rotatable bonds is 3. The summed E-state index contributed by atoms with van der Waals surface area (Å²) in [7, 11) is 0. The summed E-state index contributed by atoms with van der Waals surface area (Å²) < 4.78 is 0.945. The highest BCUT2D eigenvalue weighted by Crippen LogP contribution is 2.34. The number of benzene rings is 2. The maximum absolute atomic E-state index is 12.6. The van der Waals surface area contributed by atoms with Crippen LogP contribution in [0.1, 0.15) is 12.0 Å². The molecule has 0 bridgehead atoms. The van der Waals surface area contributed by atoms with Crippen molar-refractivity contribution in [1.29, 1.82) is 0 Å². The van der Waals surface area contributed by atoms with Crippen LogP contribution in [0, 0.1) is 12.8 Å². The molecule has 0 aromatic heterocycles. The van der Waals surface area contributed by atoms with Gasteiger partial charge in [-0.1, -0.05) is 39.1 Å². The second-order valence-corrected chi connectivity index (χ2v) is 7.71. The fourth-order valence-electron chi connectivity index (χ4n) is 2.81. The van der Waals surface area contributed by atoms with Crippen LogP contribution < -0.4 is 10.2 Å². The molecule has 1 aliphatic heterocycles. The second-order valence-electron chi connectivity index (χ2n) is 5.95. The van der Waals surface area contributed by atoms with E-state index in [9.17, 15) is 9.59 Å². The van der Waals surface area contributed by atoms with E-state index < -0.39 is 5.92 Å². The van der Waals surface area contributed by atoms with Gasteiger partial charge in [-0.05, 0) is 48.9 Å². The number of hydrogen-bond acceptors (Lipinski definition) is 2. The Labute approximate surface area is 164 Å². The van der Waals surface area contributed by atoms with E-state index in [0.29, 0.717) is 15.7 Å². The van der Waals surface area contributed by atoms with Crippen molar-refractivity contribution < 1.29 is 9.59 Å². The van der Waals surface area contributed by atoms with Gasteiger partial charge in [-0.25, -0.2) is 0 Å². The third-order valence-electron chi connectivity index (χ3n) is 4.14. The molecule has 0 radical (unpaired) electrons. The third-order valence-corrected chi connectivity index (χ3v) is 5.19. The molecule has 2 aromatic carbocycles.